The Bertz CT molecular complexity index is 999. The van der Waals surface area contributed by atoms with Gasteiger partial charge in [-0.05, 0) is 51.5 Å². The Labute approximate surface area is 173 Å². The van der Waals surface area contributed by atoms with Crippen molar-refractivity contribution >= 4 is 40.9 Å². The van der Waals surface area contributed by atoms with E-state index in [-0.39, 0.29) is 17.4 Å². The summed E-state index contributed by atoms with van der Waals surface area (Å²) in [7, 11) is 0. The number of rotatable bonds is 5. The van der Waals surface area contributed by atoms with Gasteiger partial charge < -0.3 is 9.88 Å². The number of nitrogens with zero attached hydrogens (tertiary/aromatic N) is 2. The van der Waals surface area contributed by atoms with Crippen LogP contribution in [0.1, 0.15) is 41.2 Å². The number of ketones is 1. The number of carbonyl (C=O) groups is 3. The van der Waals surface area contributed by atoms with Crippen molar-refractivity contribution in [2.45, 2.75) is 39.8 Å². The molecule has 2 aromatic rings. The van der Waals surface area contributed by atoms with Crippen molar-refractivity contribution in [1.29, 1.82) is 0 Å². The van der Waals surface area contributed by atoms with Crippen molar-refractivity contribution in [2.24, 2.45) is 0 Å². The smallest absolute Gasteiger partial charge is 0.325 e. The first-order valence-electron chi connectivity index (χ1n) is 8.89. The van der Waals surface area contributed by atoms with Crippen LogP contribution in [-0.4, -0.2) is 33.7 Å². The number of hydrogen-bond acceptors (Lipinski definition) is 3. The van der Waals surface area contributed by atoms with Crippen LogP contribution in [-0.2, 0) is 16.9 Å². The average Bonchev–Trinajstić information content (AvgIpc) is 3.05. The highest BCUT2D eigenvalue weighted by molar-refractivity contribution is 6.42. The summed E-state index contributed by atoms with van der Waals surface area (Å²) in [6.45, 7) is 7.77. The van der Waals surface area contributed by atoms with Crippen LogP contribution in [0.4, 0.5) is 4.79 Å². The van der Waals surface area contributed by atoms with Gasteiger partial charge in [-0.1, -0.05) is 29.3 Å². The molecule has 0 aliphatic carbocycles. The number of hydrogen-bond donors (Lipinski definition) is 1. The first kappa shape index (κ1) is 20.4. The monoisotopic (exact) mass is 421 g/mol. The highest BCUT2D eigenvalue weighted by atomic mass is 35.5. The maximum absolute atomic E-state index is 13.0. The molecule has 3 rings (SSSR count). The Kier molecular flexibility index (Phi) is 5.30. The van der Waals surface area contributed by atoms with Crippen molar-refractivity contribution in [3.63, 3.8) is 0 Å². The van der Waals surface area contributed by atoms with E-state index in [1.165, 1.54) is 0 Å². The van der Waals surface area contributed by atoms with Gasteiger partial charge >= 0.3 is 6.03 Å². The van der Waals surface area contributed by atoms with Gasteiger partial charge in [0.2, 0.25) is 0 Å². The molecule has 2 heterocycles. The summed E-state index contributed by atoms with van der Waals surface area (Å²) in [6.07, 6.45) is 0. The molecule has 0 bridgehead atoms. The molecule has 28 heavy (non-hydrogen) atoms. The molecule has 1 atom stereocenters. The third-order valence-electron chi connectivity index (χ3n) is 5.26. The molecule has 8 heteroatoms. The fourth-order valence-electron chi connectivity index (χ4n) is 3.64. The molecule has 1 aliphatic rings. The lowest BCUT2D eigenvalue weighted by Crippen LogP contribution is -2.41. The minimum Gasteiger partial charge on any atom is -0.349 e. The molecule has 0 saturated carbocycles. The molecule has 1 saturated heterocycles. The van der Waals surface area contributed by atoms with Gasteiger partial charge in [-0.25, -0.2) is 4.79 Å². The van der Waals surface area contributed by atoms with E-state index in [1.807, 2.05) is 25.3 Å². The zero-order valence-electron chi connectivity index (χ0n) is 16.1. The average molecular weight is 422 g/mol. The Hall–Kier alpha value is -2.31. The fraction of sp³-hybridized carbons (Fsp3) is 0.350. The fourth-order valence-corrected chi connectivity index (χ4v) is 3.94. The molecule has 1 aromatic carbocycles. The molecule has 6 nitrogen and oxygen atoms in total. The lowest BCUT2D eigenvalue weighted by Gasteiger charge is -2.22. The number of carbonyl (C=O) groups excluding carboxylic acids is 3. The molecule has 0 spiro atoms. The number of urea groups is 1. The number of imide groups is 1. The standard InChI is InChI=1S/C20H21Cl2N3O3/c1-5-24-11(2)8-14(12(24)3)17(26)10-25-18(27)20(4,23-19(25)28)13-6-7-15(21)16(22)9-13/h6-9H,5,10H2,1-4H3,(H,23,28). The van der Waals surface area contributed by atoms with Gasteiger partial charge in [0.15, 0.2) is 5.78 Å². The Balaban J connectivity index is 1.88. The second-order valence-electron chi connectivity index (χ2n) is 7.03. The number of Topliss-reactive ketones (excluding diaryl/α,β-unsaturated/α-hetero) is 1. The molecule has 0 radical (unpaired) electrons. The van der Waals surface area contributed by atoms with E-state index < -0.39 is 17.5 Å². The van der Waals surface area contributed by atoms with Crippen LogP contribution in [0.25, 0.3) is 0 Å². The Morgan fingerprint density at radius 3 is 2.39 bits per heavy atom. The van der Waals surface area contributed by atoms with Crippen molar-refractivity contribution < 1.29 is 14.4 Å². The second kappa shape index (κ2) is 7.26. The maximum atomic E-state index is 13.0. The van der Waals surface area contributed by atoms with Crippen LogP contribution in [0.3, 0.4) is 0 Å². The normalized spacial score (nSPS) is 19.3. The molecule has 1 aliphatic heterocycles. The highest BCUT2D eigenvalue weighted by Gasteiger charge is 2.49. The van der Waals surface area contributed by atoms with Crippen molar-refractivity contribution in [3.05, 3.63) is 56.8 Å². The van der Waals surface area contributed by atoms with Gasteiger partial charge in [-0.3, -0.25) is 14.5 Å². The van der Waals surface area contributed by atoms with Gasteiger partial charge in [0.1, 0.15) is 5.54 Å². The van der Waals surface area contributed by atoms with Crippen molar-refractivity contribution in [2.75, 3.05) is 6.54 Å². The first-order valence-corrected chi connectivity index (χ1v) is 9.65. The molecule has 1 fully saturated rings. The van der Waals surface area contributed by atoms with E-state index in [0.29, 0.717) is 16.1 Å². The van der Waals surface area contributed by atoms with E-state index in [9.17, 15) is 14.4 Å². The highest BCUT2D eigenvalue weighted by Crippen LogP contribution is 2.33. The van der Waals surface area contributed by atoms with Crippen LogP contribution in [0.15, 0.2) is 24.3 Å². The van der Waals surface area contributed by atoms with Crippen LogP contribution in [0.5, 0.6) is 0 Å². The Morgan fingerprint density at radius 2 is 1.82 bits per heavy atom. The predicted octanol–water partition coefficient (Wildman–Crippen LogP) is 4.08. The van der Waals surface area contributed by atoms with Crippen LogP contribution >= 0.6 is 23.2 Å². The molecular weight excluding hydrogens is 401 g/mol. The topological polar surface area (TPSA) is 71.4 Å². The van der Waals surface area contributed by atoms with Gasteiger partial charge in [0, 0.05) is 23.5 Å². The summed E-state index contributed by atoms with van der Waals surface area (Å²) in [5, 5.41) is 3.30. The Morgan fingerprint density at radius 1 is 1.14 bits per heavy atom. The van der Waals surface area contributed by atoms with E-state index in [1.54, 1.807) is 31.2 Å². The maximum Gasteiger partial charge on any atom is 0.325 e. The van der Waals surface area contributed by atoms with Gasteiger partial charge in [-0.2, -0.15) is 0 Å². The van der Waals surface area contributed by atoms with Gasteiger partial charge in [-0.15, -0.1) is 0 Å². The van der Waals surface area contributed by atoms with E-state index in [2.05, 4.69) is 5.32 Å². The van der Waals surface area contributed by atoms with E-state index >= 15 is 0 Å². The number of nitrogens with one attached hydrogen (secondary N) is 1. The summed E-state index contributed by atoms with van der Waals surface area (Å²) in [5.41, 5.74) is 1.49. The lowest BCUT2D eigenvalue weighted by molar-refractivity contribution is -0.130. The first-order chi connectivity index (χ1) is 13.1. The second-order valence-corrected chi connectivity index (χ2v) is 7.84. The van der Waals surface area contributed by atoms with Gasteiger partial charge in [0.05, 0.1) is 16.6 Å². The van der Waals surface area contributed by atoms with Crippen LogP contribution in [0.2, 0.25) is 10.0 Å². The van der Waals surface area contributed by atoms with Crippen molar-refractivity contribution in [3.8, 4) is 0 Å². The molecule has 1 unspecified atom stereocenters. The summed E-state index contributed by atoms with van der Waals surface area (Å²) in [4.78, 5) is 39.3. The minimum atomic E-state index is -1.31. The predicted molar refractivity (Wildman–Crippen MR) is 108 cm³/mol. The van der Waals surface area contributed by atoms with Gasteiger partial charge in [0.25, 0.3) is 5.91 Å². The zero-order valence-corrected chi connectivity index (χ0v) is 17.6. The molecule has 1 N–H and O–H groups in total. The largest absolute Gasteiger partial charge is 0.349 e. The number of benzene rings is 1. The number of amides is 3. The number of aromatic nitrogens is 1. The summed E-state index contributed by atoms with van der Waals surface area (Å²) >= 11 is 12.0. The van der Waals surface area contributed by atoms with E-state index in [0.717, 1.165) is 22.8 Å². The minimum absolute atomic E-state index is 0.281. The van der Waals surface area contributed by atoms with E-state index in [4.69, 9.17) is 23.2 Å². The number of halogens is 2. The summed E-state index contributed by atoms with van der Waals surface area (Å²) < 4.78 is 2.01. The van der Waals surface area contributed by atoms with Crippen molar-refractivity contribution in [1.82, 2.24) is 14.8 Å². The van der Waals surface area contributed by atoms with Crippen LogP contribution in [0, 0.1) is 13.8 Å². The lowest BCUT2D eigenvalue weighted by atomic mass is 9.92. The zero-order chi connectivity index (χ0) is 20.8. The third kappa shape index (κ3) is 3.20. The summed E-state index contributed by atoms with van der Waals surface area (Å²) in [6, 6.07) is 5.92. The number of aryl methyl sites for hydroxylation is 1. The summed E-state index contributed by atoms with van der Waals surface area (Å²) in [5.74, 6) is -0.789. The van der Waals surface area contributed by atoms with Crippen LogP contribution < -0.4 is 5.32 Å². The SMILES string of the molecule is CCn1c(C)cc(C(=O)CN2C(=O)NC(C)(c3ccc(Cl)c(Cl)c3)C2=O)c1C. The quantitative estimate of drug-likeness (QED) is 0.583. The molecular formula is C20H21Cl2N3O3. The third-order valence-corrected chi connectivity index (χ3v) is 6.00. The molecule has 3 amide bonds. The molecule has 148 valence electrons. The molecule has 1 aromatic heterocycles.